The quantitative estimate of drug-likeness (QED) is 0.808. The molecule has 0 saturated heterocycles. The Kier molecular flexibility index (Phi) is 2.64. The van der Waals surface area contributed by atoms with Gasteiger partial charge in [0.2, 0.25) is 0 Å². The first-order chi connectivity index (χ1) is 6.42. The molecule has 1 rings (SSSR count). The second kappa shape index (κ2) is 3.57. The molecule has 0 atom stereocenters. The van der Waals surface area contributed by atoms with E-state index in [2.05, 4.69) is 10.5 Å². The molecular formula is C8H6F3NO2. The van der Waals surface area contributed by atoms with Gasteiger partial charge >= 0.3 is 12.0 Å². The third-order valence-corrected chi connectivity index (χ3v) is 1.35. The van der Waals surface area contributed by atoms with Crippen LogP contribution in [0.25, 0.3) is 0 Å². The molecule has 0 bridgehead atoms. The predicted molar refractivity (Wildman–Crippen MR) is 41.2 cm³/mol. The third kappa shape index (κ3) is 2.38. The van der Waals surface area contributed by atoms with E-state index in [0.29, 0.717) is 0 Å². The Balaban J connectivity index is 2.79. The first-order valence-electron chi connectivity index (χ1n) is 3.54. The van der Waals surface area contributed by atoms with E-state index in [4.69, 9.17) is 0 Å². The number of carbonyl (C=O) groups is 1. The molecule has 2 N–H and O–H groups in total. The van der Waals surface area contributed by atoms with Gasteiger partial charge in [0.25, 0.3) is 0 Å². The van der Waals surface area contributed by atoms with Crippen LogP contribution >= 0.6 is 0 Å². The zero-order chi connectivity index (χ0) is 10.8. The first kappa shape index (κ1) is 10.4. The molecular weight excluding hydrogens is 199 g/mol. The fourth-order valence-corrected chi connectivity index (χ4v) is 0.701. The summed E-state index contributed by atoms with van der Waals surface area (Å²) in [6, 6.07) is 3.77. The summed E-state index contributed by atoms with van der Waals surface area (Å²) in [4.78, 5) is 10.2. The molecule has 1 aromatic rings. The van der Waals surface area contributed by atoms with Crippen LogP contribution in [0.5, 0.6) is 5.75 Å². The zero-order valence-corrected chi connectivity index (χ0v) is 6.84. The standard InChI is InChI=1S/C8H6F3NO2/c9-5-1-3-6(4-2-5)14-8(10,11)7(12)13/h1-4H,(H2,12,13). The average Bonchev–Trinajstić information content (AvgIpc) is 2.08. The Morgan fingerprint density at radius 2 is 1.79 bits per heavy atom. The van der Waals surface area contributed by atoms with Gasteiger partial charge in [-0.1, -0.05) is 0 Å². The van der Waals surface area contributed by atoms with Crippen molar-refractivity contribution >= 4 is 5.91 Å². The highest BCUT2D eigenvalue weighted by Crippen LogP contribution is 2.21. The van der Waals surface area contributed by atoms with Gasteiger partial charge in [0, 0.05) is 0 Å². The Morgan fingerprint density at radius 3 is 2.21 bits per heavy atom. The third-order valence-electron chi connectivity index (χ3n) is 1.35. The van der Waals surface area contributed by atoms with Gasteiger partial charge in [0.15, 0.2) is 0 Å². The second-order valence-electron chi connectivity index (χ2n) is 2.44. The van der Waals surface area contributed by atoms with Gasteiger partial charge in [0.05, 0.1) is 0 Å². The maximum Gasteiger partial charge on any atom is 0.482 e. The fraction of sp³-hybridized carbons (Fsp3) is 0.125. The van der Waals surface area contributed by atoms with E-state index in [0.717, 1.165) is 24.3 Å². The van der Waals surface area contributed by atoms with E-state index in [-0.39, 0.29) is 5.75 Å². The van der Waals surface area contributed by atoms with Crippen LogP contribution in [-0.4, -0.2) is 12.0 Å². The van der Waals surface area contributed by atoms with Crippen LogP contribution in [-0.2, 0) is 4.79 Å². The summed E-state index contributed by atoms with van der Waals surface area (Å²) in [5, 5.41) is 0. The normalized spacial score (nSPS) is 11.1. The summed E-state index contributed by atoms with van der Waals surface area (Å²) >= 11 is 0. The molecule has 0 aliphatic rings. The van der Waals surface area contributed by atoms with E-state index in [1.54, 1.807) is 0 Å². The molecule has 1 amide bonds. The molecule has 0 heterocycles. The number of halogens is 3. The van der Waals surface area contributed by atoms with E-state index in [1.165, 1.54) is 0 Å². The molecule has 0 aliphatic carbocycles. The lowest BCUT2D eigenvalue weighted by Gasteiger charge is -2.13. The molecule has 0 aliphatic heterocycles. The van der Waals surface area contributed by atoms with Crippen LogP contribution in [0.3, 0.4) is 0 Å². The number of nitrogens with two attached hydrogens (primary N) is 1. The monoisotopic (exact) mass is 205 g/mol. The summed E-state index contributed by atoms with van der Waals surface area (Å²) < 4.78 is 41.4. The number of alkyl halides is 2. The van der Waals surface area contributed by atoms with Crippen molar-refractivity contribution in [1.82, 2.24) is 0 Å². The van der Waals surface area contributed by atoms with E-state index in [9.17, 15) is 18.0 Å². The summed E-state index contributed by atoms with van der Waals surface area (Å²) in [7, 11) is 0. The largest absolute Gasteiger partial charge is 0.482 e. The zero-order valence-electron chi connectivity index (χ0n) is 6.84. The molecule has 1 aromatic carbocycles. The summed E-state index contributed by atoms with van der Waals surface area (Å²) in [5.41, 5.74) is 4.36. The van der Waals surface area contributed by atoms with E-state index >= 15 is 0 Å². The van der Waals surface area contributed by atoms with Gasteiger partial charge in [-0.2, -0.15) is 8.78 Å². The molecule has 0 spiro atoms. The van der Waals surface area contributed by atoms with Crippen molar-refractivity contribution in [2.75, 3.05) is 0 Å². The average molecular weight is 205 g/mol. The molecule has 0 unspecified atom stereocenters. The Morgan fingerprint density at radius 1 is 1.29 bits per heavy atom. The lowest BCUT2D eigenvalue weighted by atomic mass is 10.3. The Labute approximate surface area is 77.3 Å². The molecule has 3 nitrogen and oxygen atoms in total. The van der Waals surface area contributed by atoms with Crippen LogP contribution in [0.4, 0.5) is 13.2 Å². The van der Waals surface area contributed by atoms with Gasteiger partial charge in [-0.05, 0) is 24.3 Å². The summed E-state index contributed by atoms with van der Waals surface area (Å²) in [6.45, 7) is 0. The predicted octanol–water partition coefficient (Wildman–Crippen LogP) is 1.28. The Bertz CT molecular complexity index is 337. The highest BCUT2D eigenvalue weighted by Gasteiger charge is 2.39. The molecule has 76 valence electrons. The minimum absolute atomic E-state index is 0.338. The van der Waals surface area contributed by atoms with Crippen LogP contribution in [0.1, 0.15) is 0 Å². The summed E-state index contributed by atoms with van der Waals surface area (Å²) in [5.74, 6) is -2.84. The highest BCUT2D eigenvalue weighted by atomic mass is 19.3. The molecule has 0 saturated carbocycles. The smallest absolute Gasteiger partial charge is 0.425 e. The van der Waals surface area contributed by atoms with Gasteiger partial charge < -0.3 is 10.5 Å². The maximum atomic E-state index is 12.5. The lowest BCUT2D eigenvalue weighted by molar-refractivity contribution is -0.189. The SMILES string of the molecule is NC(=O)C(F)(F)Oc1ccc(F)cc1. The first-order valence-corrected chi connectivity index (χ1v) is 3.54. The van der Waals surface area contributed by atoms with Crippen molar-refractivity contribution in [2.24, 2.45) is 5.73 Å². The lowest BCUT2D eigenvalue weighted by Crippen LogP contribution is -2.40. The number of carbonyl (C=O) groups excluding carboxylic acids is 1. The number of hydrogen-bond donors (Lipinski definition) is 1. The van der Waals surface area contributed by atoms with Crippen molar-refractivity contribution in [3.05, 3.63) is 30.1 Å². The van der Waals surface area contributed by atoms with Crippen molar-refractivity contribution in [3.63, 3.8) is 0 Å². The molecule has 0 fully saturated rings. The number of hydrogen-bond acceptors (Lipinski definition) is 2. The maximum absolute atomic E-state index is 12.5. The van der Waals surface area contributed by atoms with Gasteiger partial charge in [-0.3, -0.25) is 4.79 Å². The number of ether oxygens (including phenoxy) is 1. The van der Waals surface area contributed by atoms with Crippen molar-refractivity contribution in [3.8, 4) is 5.75 Å². The van der Waals surface area contributed by atoms with Gasteiger partial charge in [0.1, 0.15) is 11.6 Å². The van der Waals surface area contributed by atoms with Crippen molar-refractivity contribution in [1.29, 1.82) is 0 Å². The second-order valence-corrected chi connectivity index (χ2v) is 2.44. The summed E-state index contributed by atoms with van der Waals surface area (Å²) in [6.07, 6.45) is -4.09. The fourth-order valence-electron chi connectivity index (χ4n) is 0.701. The minimum Gasteiger partial charge on any atom is -0.425 e. The molecule has 14 heavy (non-hydrogen) atoms. The van der Waals surface area contributed by atoms with E-state index in [1.807, 2.05) is 0 Å². The van der Waals surface area contributed by atoms with E-state index < -0.39 is 17.8 Å². The van der Waals surface area contributed by atoms with Gasteiger partial charge in [-0.15, -0.1) is 0 Å². The van der Waals surface area contributed by atoms with Crippen molar-refractivity contribution in [2.45, 2.75) is 6.11 Å². The number of rotatable bonds is 3. The minimum atomic E-state index is -4.09. The number of benzene rings is 1. The Hall–Kier alpha value is -1.72. The number of amides is 1. The van der Waals surface area contributed by atoms with Gasteiger partial charge in [-0.25, -0.2) is 4.39 Å². The molecule has 0 aromatic heterocycles. The van der Waals surface area contributed by atoms with Crippen molar-refractivity contribution < 1.29 is 22.7 Å². The van der Waals surface area contributed by atoms with Crippen LogP contribution < -0.4 is 10.5 Å². The number of primary amides is 1. The highest BCUT2D eigenvalue weighted by molar-refractivity contribution is 5.80. The van der Waals surface area contributed by atoms with Crippen LogP contribution in [0, 0.1) is 5.82 Å². The topological polar surface area (TPSA) is 52.3 Å². The molecule has 0 radical (unpaired) electrons. The van der Waals surface area contributed by atoms with Crippen LogP contribution in [0.2, 0.25) is 0 Å². The van der Waals surface area contributed by atoms with Crippen LogP contribution in [0.15, 0.2) is 24.3 Å². The molecule has 6 heteroatoms.